The molecule has 0 aliphatic heterocycles. The van der Waals surface area contributed by atoms with Gasteiger partial charge >= 0.3 is 0 Å². The van der Waals surface area contributed by atoms with Crippen LogP contribution < -0.4 is 10.5 Å². The van der Waals surface area contributed by atoms with Crippen molar-refractivity contribution in [2.75, 3.05) is 10.5 Å². The number of nitrogens with one attached hydrogen (secondary N) is 1. The number of aryl methyl sites for hydroxylation is 1. The fraction of sp³-hybridized carbons (Fsp3) is 0.0714. The number of nitrogens with two attached hydrogens (primary N) is 1. The maximum absolute atomic E-state index is 12.4. The van der Waals surface area contributed by atoms with E-state index in [4.69, 9.17) is 22.6 Å². The van der Waals surface area contributed by atoms with Crippen molar-refractivity contribution in [3.63, 3.8) is 0 Å². The number of hydrogen-bond donors (Lipinski definition) is 2. The third-order valence-electron chi connectivity index (χ3n) is 2.87. The smallest absolute Gasteiger partial charge is 0.263 e. The molecule has 2 aromatic carbocycles. The number of anilines is 2. The van der Waals surface area contributed by atoms with Gasteiger partial charge in [-0.15, -0.1) is 0 Å². The summed E-state index contributed by atoms with van der Waals surface area (Å²) in [6.07, 6.45) is 0. The summed E-state index contributed by atoms with van der Waals surface area (Å²) in [5.41, 5.74) is 6.83. The predicted molar refractivity (Wildman–Crippen MR) is 82.6 cm³/mol. The van der Waals surface area contributed by atoms with Gasteiger partial charge in [0, 0.05) is 5.69 Å². The van der Waals surface area contributed by atoms with Crippen molar-refractivity contribution in [3.05, 3.63) is 52.5 Å². The van der Waals surface area contributed by atoms with Gasteiger partial charge in [-0.3, -0.25) is 4.72 Å². The molecule has 0 fully saturated rings. The average Bonchev–Trinajstić information content (AvgIpc) is 2.42. The molecule has 2 rings (SSSR count). The molecule has 0 bridgehead atoms. The van der Waals surface area contributed by atoms with Crippen LogP contribution in [-0.4, -0.2) is 8.42 Å². The van der Waals surface area contributed by atoms with Crippen LogP contribution in [0.15, 0.2) is 41.3 Å². The van der Waals surface area contributed by atoms with Gasteiger partial charge in [0.05, 0.1) is 16.3 Å². The number of nitrogens with zero attached hydrogens (tertiary/aromatic N) is 1. The Hall–Kier alpha value is -2.23. The average molecular weight is 322 g/mol. The van der Waals surface area contributed by atoms with Gasteiger partial charge in [-0.2, -0.15) is 5.26 Å². The Morgan fingerprint density at radius 1 is 1.29 bits per heavy atom. The van der Waals surface area contributed by atoms with Crippen molar-refractivity contribution < 1.29 is 8.42 Å². The fourth-order valence-corrected chi connectivity index (χ4v) is 3.44. The topological polar surface area (TPSA) is 96.0 Å². The normalized spacial score (nSPS) is 10.9. The van der Waals surface area contributed by atoms with E-state index in [0.29, 0.717) is 16.9 Å². The first-order valence-corrected chi connectivity index (χ1v) is 7.79. The van der Waals surface area contributed by atoms with E-state index in [1.54, 1.807) is 25.1 Å². The largest absolute Gasteiger partial charge is 0.399 e. The lowest BCUT2D eigenvalue weighted by molar-refractivity contribution is 0.601. The minimum Gasteiger partial charge on any atom is -0.399 e. The molecule has 0 aliphatic carbocycles. The maximum Gasteiger partial charge on any atom is 0.263 e. The van der Waals surface area contributed by atoms with Crippen molar-refractivity contribution in [1.82, 2.24) is 0 Å². The van der Waals surface area contributed by atoms with Crippen LogP contribution in [0.25, 0.3) is 0 Å². The minimum absolute atomic E-state index is 0.0211. The summed E-state index contributed by atoms with van der Waals surface area (Å²) in [5.74, 6) is 0. The summed E-state index contributed by atoms with van der Waals surface area (Å²) >= 11 is 6.01. The summed E-state index contributed by atoms with van der Waals surface area (Å²) in [6, 6.07) is 10.9. The van der Waals surface area contributed by atoms with Gasteiger partial charge in [0.25, 0.3) is 10.0 Å². The zero-order valence-corrected chi connectivity index (χ0v) is 12.7. The number of nitriles is 1. The first-order valence-electron chi connectivity index (χ1n) is 5.92. The molecular weight excluding hydrogens is 310 g/mol. The van der Waals surface area contributed by atoms with E-state index in [1.807, 2.05) is 6.07 Å². The van der Waals surface area contributed by atoms with Gasteiger partial charge in [0.15, 0.2) is 0 Å². The minimum atomic E-state index is -3.93. The van der Waals surface area contributed by atoms with Gasteiger partial charge in [-0.05, 0) is 36.8 Å². The van der Waals surface area contributed by atoms with Gasteiger partial charge in [0.2, 0.25) is 0 Å². The molecule has 7 heteroatoms. The lowest BCUT2D eigenvalue weighted by atomic mass is 10.2. The molecule has 108 valence electrons. The Bertz CT molecular complexity index is 822. The lowest BCUT2D eigenvalue weighted by Gasteiger charge is -2.13. The summed E-state index contributed by atoms with van der Waals surface area (Å²) < 4.78 is 27.3. The van der Waals surface area contributed by atoms with Crippen molar-refractivity contribution in [2.45, 2.75) is 11.8 Å². The third-order valence-corrected chi connectivity index (χ3v) is 4.59. The molecule has 0 saturated heterocycles. The first kappa shape index (κ1) is 15.2. The number of halogens is 1. The highest BCUT2D eigenvalue weighted by molar-refractivity contribution is 7.92. The van der Waals surface area contributed by atoms with Crippen LogP contribution in [0, 0.1) is 18.3 Å². The number of benzene rings is 2. The number of rotatable bonds is 3. The molecule has 21 heavy (non-hydrogen) atoms. The van der Waals surface area contributed by atoms with Crippen molar-refractivity contribution in [1.29, 1.82) is 5.26 Å². The van der Waals surface area contributed by atoms with Crippen molar-refractivity contribution >= 4 is 33.0 Å². The van der Waals surface area contributed by atoms with Crippen LogP contribution in [0.3, 0.4) is 0 Å². The van der Waals surface area contributed by atoms with Crippen LogP contribution >= 0.6 is 11.6 Å². The molecule has 0 spiro atoms. The molecule has 0 amide bonds. The van der Waals surface area contributed by atoms with Crippen molar-refractivity contribution in [2.24, 2.45) is 0 Å². The highest BCUT2D eigenvalue weighted by Crippen LogP contribution is 2.29. The second-order valence-corrected chi connectivity index (χ2v) is 6.46. The molecule has 0 aliphatic rings. The Labute approximate surface area is 128 Å². The van der Waals surface area contributed by atoms with Crippen LogP contribution in [0.1, 0.15) is 11.1 Å². The van der Waals surface area contributed by atoms with Crippen LogP contribution in [0.2, 0.25) is 5.02 Å². The molecule has 2 aromatic rings. The van der Waals surface area contributed by atoms with Gasteiger partial charge in [0.1, 0.15) is 11.0 Å². The molecule has 5 nitrogen and oxygen atoms in total. The predicted octanol–water partition coefficient (Wildman–Crippen LogP) is 2.90. The Morgan fingerprint density at radius 2 is 2.00 bits per heavy atom. The quantitative estimate of drug-likeness (QED) is 0.849. The van der Waals surface area contributed by atoms with Crippen LogP contribution in [-0.2, 0) is 10.0 Å². The number of nitrogen functional groups attached to an aromatic ring is 1. The summed E-state index contributed by atoms with van der Waals surface area (Å²) in [4.78, 5) is -0.140. The van der Waals surface area contributed by atoms with Gasteiger partial charge in [-0.1, -0.05) is 23.7 Å². The molecule has 0 unspecified atom stereocenters. The van der Waals surface area contributed by atoms with E-state index < -0.39 is 10.0 Å². The van der Waals surface area contributed by atoms with E-state index in [2.05, 4.69) is 4.72 Å². The monoisotopic (exact) mass is 321 g/mol. The zero-order valence-electron chi connectivity index (χ0n) is 11.1. The van der Waals surface area contributed by atoms with Crippen LogP contribution in [0.5, 0.6) is 0 Å². The van der Waals surface area contributed by atoms with Crippen molar-refractivity contribution in [3.8, 4) is 6.07 Å². The number of sulfonamides is 1. The maximum atomic E-state index is 12.4. The molecule has 0 aromatic heterocycles. The summed E-state index contributed by atoms with van der Waals surface area (Å²) in [6.45, 7) is 1.73. The number of para-hydroxylation sites is 1. The lowest BCUT2D eigenvalue weighted by Crippen LogP contribution is -2.15. The molecule has 0 heterocycles. The Kier molecular flexibility index (Phi) is 4.07. The van der Waals surface area contributed by atoms with Gasteiger partial charge < -0.3 is 5.73 Å². The van der Waals surface area contributed by atoms with Gasteiger partial charge in [-0.25, -0.2) is 8.42 Å². The molecular formula is C14H12ClN3O2S. The zero-order chi connectivity index (χ0) is 15.6. The Balaban J connectivity index is 2.52. The highest BCUT2D eigenvalue weighted by Gasteiger charge is 2.20. The van der Waals surface area contributed by atoms with E-state index >= 15 is 0 Å². The highest BCUT2D eigenvalue weighted by atomic mass is 35.5. The third kappa shape index (κ3) is 3.10. The first-order chi connectivity index (χ1) is 9.85. The SMILES string of the molecule is Cc1cccc(Cl)c1NS(=O)(=O)c1ccc(N)cc1C#N. The fourth-order valence-electron chi connectivity index (χ4n) is 1.82. The van der Waals surface area contributed by atoms with Crippen LogP contribution in [0.4, 0.5) is 11.4 Å². The molecule has 0 radical (unpaired) electrons. The molecule has 3 N–H and O–H groups in total. The Morgan fingerprint density at radius 3 is 2.62 bits per heavy atom. The van der Waals surface area contributed by atoms with E-state index in [-0.39, 0.29) is 15.5 Å². The second-order valence-electron chi connectivity index (χ2n) is 4.40. The standard InChI is InChI=1S/C14H12ClN3O2S/c1-9-3-2-4-12(15)14(9)18-21(19,20)13-6-5-11(17)7-10(13)8-16/h2-7,18H,17H2,1H3. The summed E-state index contributed by atoms with van der Waals surface area (Å²) in [5, 5.41) is 9.34. The molecule has 0 saturated carbocycles. The number of hydrogen-bond acceptors (Lipinski definition) is 4. The summed E-state index contributed by atoms with van der Waals surface area (Å²) in [7, 11) is -3.93. The van der Waals surface area contributed by atoms with E-state index in [9.17, 15) is 8.42 Å². The van der Waals surface area contributed by atoms with E-state index in [0.717, 1.165) is 0 Å². The second kappa shape index (κ2) is 5.64. The van der Waals surface area contributed by atoms with E-state index in [1.165, 1.54) is 18.2 Å². The molecule has 0 atom stereocenters.